The molecular formula is C26H27N3O2. The van der Waals surface area contributed by atoms with Gasteiger partial charge in [-0.05, 0) is 42.8 Å². The summed E-state index contributed by atoms with van der Waals surface area (Å²) >= 11 is 0. The maximum atomic E-state index is 12.6. The molecule has 1 aromatic heterocycles. The molecule has 4 rings (SSSR count). The quantitative estimate of drug-likeness (QED) is 0.440. The standard InChI is InChI=1S/C26H27N3O2/c1-29(19-21-10-6-3-7-11-21)17-16-27-26(30)22-13-14-23-24(18-22)31-25(28-23)15-12-20-8-4-2-5-9-20/h2-11,13-14,18H,12,15-17,19H2,1H3,(H,27,30). The van der Waals surface area contributed by atoms with Crippen molar-refractivity contribution in [2.75, 3.05) is 20.1 Å². The number of nitrogens with one attached hydrogen (secondary N) is 1. The van der Waals surface area contributed by atoms with Crippen molar-refractivity contribution in [3.05, 3.63) is 101 Å². The van der Waals surface area contributed by atoms with E-state index >= 15 is 0 Å². The van der Waals surface area contributed by atoms with Crippen molar-refractivity contribution in [1.82, 2.24) is 15.2 Å². The fourth-order valence-corrected chi connectivity index (χ4v) is 3.55. The topological polar surface area (TPSA) is 58.4 Å². The summed E-state index contributed by atoms with van der Waals surface area (Å²) in [6.07, 6.45) is 1.60. The fraction of sp³-hybridized carbons (Fsp3) is 0.231. The number of aromatic nitrogens is 1. The number of rotatable bonds is 9. The molecular weight excluding hydrogens is 386 g/mol. The second kappa shape index (κ2) is 10.0. The maximum absolute atomic E-state index is 12.6. The van der Waals surface area contributed by atoms with Crippen LogP contribution in [0.3, 0.4) is 0 Å². The molecule has 0 radical (unpaired) electrons. The molecule has 3 aromatic carbocycles. The molecule has 5 nitrogen and oxygen atoms in total. The molecule has 31 heavy (non-hydrogen) atoms. The number of benzene rings is 3. The summed E-state index contributed by atoms with van der Waals surface area (Å²) in [6, 6.07) is 26.0. The second-order valence-electron chi connectivity index (χ2n) is 7.75. The predicted octanol–water partition coefficient (Wildman–Crippen LogP) is 4.47. The van der Waals surface area contributed by atoms with Crippen molar-refractivity contribution >= 4 is 17.0 Å². The molecule has 1 heterocycles. The molecule has 0 bridgehead atoms. The van der Waals surface area contributed by atoms with E-state index in [1.54, 1.807) is 12.1 Å². The van der Waals surface area contributed by atoms with E-state index in [9.17, 15) is 4.79 Å². The minimum atomic E-state index is -0.0998. The lowest BCUT2D eigenvalue weighted by Crippen LogP contribution is -2.32. The number of hydrogen-bond donors (Lipinski definition) is 1. The molecule has 1 amide bonds. The smallest absolute Gasteiger partial charge is 0.251 e. The lowest BCUT2D eigenvalue weighted by Gasteiger charge is -2.17. The molecule has 5 heteroatoms. The van der Waals surface area contributed by atoms with E-state index in [2.05, 4.69) is 46.5 Å². The van der Waals surface area contributed by atoms with Gasteiger partial charge in [0.2, 0.25) is 0 Å². The number of aryl methyl sites for hydroxylation is 2. The number of carbonyl (C=O) groups is 1. The number of hydrogen-bond acceptors (Lipinski definition) is 4. The highest BCUT2D eigenvalue weighted by Gasteiger charge is 2.11. The zero-order valence-corrected chi connectivity index (χ0v) is 17.8. The van der Waals surface area contributed by atoms with Gasteiger partial charge in [-0.3, -0.25) is 4.79 Å². The number of oxazole rings is 1. The van der Waals surface area contributed by atoms with Crippen LogP contribution in [-0.2, 0) is 19.4 Å². The Balaban J connectivity index is 1.29. The molecule has 4 aromatic rings. The van der Waals surface area contributed by atoms with E-state index in [1.165, 1.54) is 11.1 Å². The van der Waals surface area contributed by atoms with Gasteiger partial charge >= 0.3 is 0 Å². The first kappa shape index (κ1) is 20.8. The predicted molar refractivity (Wildman–Crippen MR) is 123 cm³/mol. The van der Waals surface area contributed by atoms with Crippen LogP contribution in [0.4, 0.5) is 0 Å². The third kappa shape index (κ3) is 5.80. The zero-order chi connectivity index (χ0) is 21.5. The van der Waals surface area contributed by atoms with Gasteiger partial charge in [0.1, 0.15) is 5.52 Å². The van der Waals surface area contributed by atoms with Crippen molar-refractivity contribution in [3.63, 3.8) is 0 Å². The van der Waals surface area contributed by atoms with Gasteiger partial charge in [-0.15, -0.1) is 0 Å². The molecule has 0 spiro atoms. The Kier molecular flexibility index (Phi) is 6.75. The summed E-state index contributed by atoms with van der Waals surface area (Å²) in [4.78, 5) is 19.3. The summed E-state index contributed by atoms with van der Waals surface area (Å²) in [7, 11) is 2.05. The highest BCUT2D eigenvalue weighted by atomic mass is 16.3. The second-order valence-corrected chi connectivity index (χ2v) is 7.75. The SMILES string of the molecule is CN(CCNC(=O)c1ccc2nc(CCc3ccccc3)oc2c1)Cc1ccccc1. The van der Waals surface area contributed by atoms with E-state index in [0.717, 1.165) is 31.4 Å². The monoisotopic (exact) mass is 413 g/mol. The minimum absolute atomic E-state index is 0.0998. The van der Waals surface area contributed by atoms with Crippen LogP contribution >= 0.6 is 0 Å². The number of nitrogens with zero attached hydrogens (tertiary/aromatic N) is 2. The van der Waals surface area contributed by atoms with E-state index in [4.69, 9.17) is 4.42 Å². The van der Waals surface area contributed by atoms with Crippen LogP contribution in [0.2, 0.25) is 0 Å². The Labute approximate surface area is 182 Å². The van der Waals surface area contributed by atoms with E-state index in [1.807, 2.05) is 42.5 Å². The summed E-state index contributed by atoms with van der Waals surface area (Å²) in [5.74, 6) is 0.594. The molecule has 0 fully saturated rings. The number of fused-ring (bicyclic) bond motifs is 1. The average molecular weight is 414 g/mol. The fourth-order valence-electron chi connectivity index (χ4n) is 3.55. The van der Waals surface area contributed by atoms with Crippen LogP contribution in [0.5, 0.6) is 0 Å². The Hall–Kier alpha value is -3.44. The van der Waals surface area contributed by atoms with Crippen molar-refractivity contribution in [2.45, 2.75) is 19.4 Å². The van der Waals surface area contributed by atoms with Gasteiger partial charge in [-0.1, -0.05) is 60.7 Å². The lowest BCUT2D eigenvalue weighted by molar-refractivity contribution is 0.0949. The molecule has 0 saturated carbocycles. The Bertz CT molecular complexity index is 1120. The first-order chi connectivity index (χ1) is 15.2. The molecule has 1 N–H and O–H groups in total. The third-order valence-corrected chi connectivity index (χ3v) is 5.24. The largest absolute Gasteiger partial charge is 0.441 e. The van der Waals surface area contributed by atoms with E-state index in [0.29, 0.717) is 23.6 Å². The Morgan fingerprint density at radius 2 is 1.65 bits per heavy atom. The number of carbonyl (C=O) groups excluding carboxylic acids is 1. The van der Waals surface area contributed by atoms with Crippen LogP contribution in [0, 0.1) is 0 Å². The summed E-state index contributed by atoms with van der Waals surface area (Å²) in [5, 5.41) is 2.99. The van der Waals surface area contributed by atoms with Crippen molar-refractivity contribution in [2.24, 2.45) is 0 Å². The van der Waals surface area contributed by atoms with Crippen LogP contribution in [-0.4, -0.2) is 35.9 Å². The van der Waals surface area contributed by atoms with Gasteiger partial charge < -0.3 is 14.6 Å². The molecule has 0 atom stereocenters. The molecule has 0 aliphatic rings. The van der Waals surface area contributed by atoms with E-state index in [-0.39, 0.29) is 5.91 Å². The molecule has 0 unspecified atom stereocenters. The number of amides is 1. The van der Waals surface area contributed by atoms with Crippen molar-refractivity contribution in [1.29, 1.82) is 0 Å². The van der Waals surface area contributed by atoms with Gasteiger partial charge in [-0.25, -0.2) is 4.98 Å². The third-order valence-electron chi connectivity index (χ3n) is 5.24. The van der Waals surface area contributed by atoms with Crippen molar-refractivity contribution in [3.8, 4) is 0 Å². The summed E-state index contributed by atoms with van der Waals surface area (Å²) < 4.78 is 5.89. The van der Waals surface area contributed by atoms with E-state index < -0.39 is 0 Å². The average Bonchev–Trinajstić information content (AvgIpc) is 3.21. The zero-order valence-electron chi connectivity index (χ0n) is 17.8. The van der Waals surface area contributed by atoms with Gasteiger partial charge in [-0.2, -0.15) is 0 Å². The highest BCUT2D eigenvalue weighted by molar-refractivity contribution is 5.97. The maximum Gasteiger partial charge on any atom is 0.251 e. The molecule has 158 valence electrons. The Morgan fingerprint density at radius 1 is 0.935 bits per heavy atom. The summed E-state index contributed by atoms with van der Waals surface area (Å²) in [6.45, 7) is 2.21. The highest BCUT2D eigenvalue weighted by Crippen LogP contribution is 2.19. The lowest BCUT2D eigenvalue weighted by atomic mass is 10.1. The Morgan fingerprint density at radius 3 is 2.39 bits per heavy atom. The van der Waals surface area contributed by atoms with Gasteiger partial charge in [0.25, 0.3) is 5.91 Å². The van der Waals surface area contributed by atoms with Crippen LogP contribution < -0.4 is 5.32 Å². The van der Waals surface area contributed by atoms with Crippen LogP contribution in [0.1, 0.15) is 27.4 Å². The van der Waals surface area contributed by atoms with Gasteiger partial charge in [0.05, 0.1) is 0 Å². The molecule has 0 aliphatic carbocycles. The first-order valence-electron chi connectivity index (χ1n) is 10.6. The normalized spacial score (nSPS) is 11.2. The minimum Gasteiger partial charge on any atom is -0.441 e. The summed E-state index contributed by atoms with van der Waals surface area (Å²) in [5.41, 5.74) is 4.53. The molecule has 0 aliphatic heterocycles. The molecule has 0 saturated heterocycles. The first-order valence-corrected chi connectivity index (χ1v) is 10.6. The van der Waals surface area contributed by atoms with Gasteiger partial charge in [0.15, 0.2) is 11.5 Å². The van der Waals surface area contributed by atoms with Crippen LogP contribution in [0.15, 0.2) is 83.3 Å². The number of likely N-dealkylation sites (N-methyl/N-ethyl adjacent to an activating group) is 1. The van der Waals surface area contributed by atoms with Gasteiger partial charge in [0, 0.05) is 31.6 Å². The van der Waals surface area contributed by atoms with Crippen LogP contribution in [0.25, 0.3) is 11.1 Å². The van der Waals surface area contributed by atoms with Crippen molar-refractivity contribution < 1.29 is 9.21 Å².